The summed E-state index contributed by atoms with van der Waals surface area (Å²) in [7, 11) is 0. The van der Waals surface area contributed by atoms with Gasteiger partial charge in [-0.15, -0.1) is 0 Å². The molecule has 3 aromatic carbocycles. The number of hydrogen-bond acceptors (Lipinski definition) is 5. The number of hydrogen-bond donors (Lipinski definition) is 1. The first kappa shape index (κ1) is 24.6. The molecule has 0 aromatic heterocycles. The maximum Gasteiger partial charge on any atom is 0.294 e. The van der Waals surface area contributed by atoms with Crippen molar-refractivity contribution in [3.8, 4) is 5.75 Å². The van der Waals surface area contributed by atoms with Gasteiger partial charge >= 0.3 is 0 Å². The highest BCUT2D eigenvalue weighted by Crippen LogP contribution is 2.32. The average Bonchev–Trinajstić information content (AvgIpc) is 3.05. The smallest absolute Gasteiger partial charge is 0.294 e. The van der Waals surface area contributed by atoms with Crippen LogP contribution in [0.25, 0.3) is 6.08 Å². The third kappa shape index (κ3) is 6.53. The van der Waals surface area contributed by atoms with Gasteiger partial charge in [0.15, 0.2) is 0 Å². The van der Waals surface area contributed by atoms with E-state index in [-0.39, 0.29) is 11.4 Å². The van der Waals surface area contributed by atoms with Gasteiger partial charge in [0.2, 0.25) is 5.91 Å². The molecule has 0 bridgehead atoms. The Balaban J connectivity index is 1.40. The van der Waals surface area contributed by atoms with Crippen molar-refractivity contribution in [1.29, 1.82) is 0 Å². The molecular formula is C27H23ClN2O4S. The number of aryl methyl sites for hydroxylation is 2. The van der Waals surface area contributed by atoms with Gasteiger partial charge in [-0.1, -0.05) is 41.9 Å². The fraction of sp³-hybridized carbons (Fsp3) is 0.148. The van der Waals surface area contributed by atoms with E-state index in [1.165, 1.54) is 0 Å². The maximum absolute atomic E-state index is 12.8. The number of benzene rings is 3. The molecule has 6 nitrogen and oxygen atoms in total. The lowest BCUT2D eigenvalue weighted by Gasteiger charge is -2.13. The number of rotatable bonds is 7. The van der Waals surface area contributed by atoms with Crippen molar-refractivity contribution in [3.63, 3.8) is 0 Å². The fourth-order valence-electron chi connectivity index (χ4n) is 3.62. The largest absolute Gasteiger partial charge is 0.489 e. The third-order valence-electron chi connectivity index (χ3n) is 5.16. The summed E-state index contributed by atoms with van der Waals surface area (Å²) in [6, 6.07) is 20.3. The van der Waals surface area contributed by atoms with Crippen LogP contribution < -0.4 is 10.1 Å². The second-order valence-corrected chi connectivity index (χ2v) is 9.61. The summed E-state index contributed by atoms with van der Waals surface area (Å²) in [4.78, 5) is 39.0. The number of nitrogens with zero attached hydrogens (tertiary/aromatic N) is 1. The summed E-state index contributed by atoms with van der Waals surface area (Å²) in [6.45, 7) is 3.88. The van der Waals surface area contributed by atoms with Crippen LogP contribution in [0.4, 0.5) is 10.5 Å². The Labute approximate surface area is 212 Å². The molecule has 1 fully saturated rings. The van der Waals surface area contributed by atoms with Gasteiger partial charge in [-0.2, -0.15) is 0 Å². The topological polar surface area (TPSA) is 75.7 Å². The summed E-state index contributed by atoms with van der Waals surface area (Å²) in [5, 5.41) is 2.94. The van der Waals surface area contributed by atoms with E-state index >= 15 is 0 Å². The Kier molecular flexibility index (Phi) is 7.58. The van der Waals surface area contributed by atoms with Crippen molar-refractivity contribution in [2.45, 2.75) is 20.5 Å². The summed E-state index contributed by atoms with van der Waals surface area (Å²) >= 11 is 6.72. The molecule has 178 valence electrons. The molecule has 3 amide bonds. The number of ether oxygens (including phenoxy) is 1. The molecule has 1 N–H and O–H groups in total. The molecule has 3 aromatic rings. The normalized spacial score (nSPS) is 14.5. The van der Waals surface area contributed by atoms with Crippen LogP contribution in [-0.4, -0.2) is 28.5 Å². The number of carbonyl (C=O) groups is 3. The Morgan fingerprint density at radius 2 is 1.74 bits per heavy atom. The number of thioether (sulfide) groups is 1. The number of amides is 3. The fourth-order valence-corrected chi connectivity index (χ4v) is 4.58. The lowest BCUT2D eigenvalue weighted by atomic mass is 10.1. The van der Waals surface area contributed by atoms with Gasteiger partial charge < -0.3 is 10.1 Å². The van der Waals surface area contributed by atoms with Crippen molar-refractivity contribution in [3.05, 3.63) is 98.9 Å². The summed E-state index contributed by atoms with van der Waals surface area (Å²) in [5.74, 6) is -0.306. The molecule has 8 heteroatoms. The van der Waals surface area contributed by atoms with E-state index in [1.54, 1.807) is 24.3 Å². The minimum Gasteiger partial charge on any atom is -0.489 e. The predicted molar refractivity (Wildman–Crippen MR) is 139 cm³/mol. The van der Waals surface area contributed by atoms with Crippen molar-refractivity contribution < 1.29 is 19.1 Å². The number of imide groups is 1. The SMILES string of the molecule is Cc1cc(C)cc(NC(=O)CN2C(=O)S/C(=C/c3cccc(OCc4ccc(Cl)cc4)c3)C2=O)c1. The number of nitrogens with one attached hydrogen (secondary N) is 1. The van der Waals surface area contributed by atoms with Crippen molar-refractivity contribution >= 4 is 52.2 Å². The van der Waals surface area contributed by atoms with Gasteiger partial charge in [0.1, 0.15) is 18.9 Å². The Morgan fingerprint density at radius 3 is 2.46 bits per heavy atom. The third-order valence-corrected chi connectivity index (χ3v) is 6.31. The van der Waals surface area contributed by atoms with E-state index in [1.807, 2.05) is 62.4 Å². The highest BCUT2D eigenvalue weighted by molar-refractivity contribution is 8.18. The van der Waals surface area contributed by atoms with Crippen LogP contribution in [0.15, 0.2) is 71.6 Å². The first-order valence-corrected chi connectivity index (χ1v) is 12.1. The van der Waals surface area contributed by atoms with Crippen LogP contribution in [0.1, 0.15) is 22.3 Å². The lowest BCUT2D eigenvalue weighted by molar-refractivity contribution is -0.127. The van der Waals surface area contributed by atoms with E-state index in [4.69, 9.17) is 16.3 Å². The highest BCUT2D eigenvalue weighted by atomic mass is 35.5. The second kappa shape index (κ2) is 10.8. The second-order valence-electron chi connectivity index (χ2n) is 8.18. The monoisotopic (exact) mass is 506 g/mol. The maximum atomic E-state index is 12.8. The van der Waals surface area contributed by atoms with Crippen LogP contribution in [0.5, 0.6) is 5.75 Å². The molecule has 4 rings (SSSR count). The highest BCUT2D eigenvalue weighted by Gasteiger charge is 2.36. The minimum absolute atomic E-state index is 0.254. The molecule has 1 heterocycles. The first-order chi connectivity index (χ1) is 16.8. The van der Waals surface area contributed by atoms with Gasteiger partial charge in [0.05, 0.1) is 4.91 Å². The zero-order chi connectivity index (χ0) is 24.9. The van der Waals surface area contributed by atoms with Gasteiger partial charge in [0.25, 0.3) is 11.1 Å². The molecular weight excluding hydrogens is 484 g/mol. The Hall–Kier alpha value is -3.55. The predicted octanol–water partition coefficient (Wildman–Crippen LogP) is 6.21. The number of halogens is 1. The van der Waals surface area contributed by atoms with Gasteiger partial charge in [-0.25, -0.2) is 0 Å². The van der Waals surface area contributed by atoms with Crippen molar-refractivity contribution in [2.24, 2.45) is 0 Å². The first-order valence-electron chi connectivity index (χ1n) is 10.9. The van der Waals surface area contributed by atoms with Crippen LogP contribution in [0, 0.1) is 13.8 Å². The van der Waals surface area contributed by atoms with E-state index in [2.05, 4.69) is 5.32 Å². The van der Waals surface area contributed by atoms with Gasteiger partial charge in [0, 0.05) is 10.7 Å². The summed E-state index contributed by atoms with van der Waals surface area (Å²) in [6.07, 6.45) is 1.63. The molecule has 1 aliphatic heterocycles. The molecule has 35 heavy (non-hydrogen) atoms. The van der Waals surface area contributed by atoms with Crippen LogP contribution in [0.2, 0.25) is 5.02 Å². The van der Waals surface area contributed by atoms with E-state index in [9.17, 15) is 14.4 Å². The zero-order valence-corrected chi connectivity index (χ0v) is 20.8. The average molecular weight is 507 g/mol. The summed E-state index contributed by atoms with van der Waals surface area (Å²) in [5.41, 5.74) is 4.33. The molecule has 0 atom stereocenters. The zero-order valence-electron chi connectivity index (χ0n) is 19.2. The van der Waals surface area contributed by atoms with E-state index < -0.39 is 17.1 Å². The van der Waals surface area contributed by atoms with Gasteiger partial charge in [-0.3, -0.25) is 19.3 Å². The van der Waals surface area contributed by atoms with Gasteiger partial charge in [-0.05, 0) is 90.3 Å². The molecule has 0 unspecified atom stereocenters. The quantitative estimate of drug-likeness (QED) is 0.385. The van der Waals surface area contributed by atoms with Crippen LogP contribution in [0.3, 0.4) is 0 Å². The molecule has 0 aliphatic carbocycles. The molecule has 1 aliphatic rings. The Morgan fingerprint density at radius 1 is 1.03 bits per heavy atom. The Bertz CT molecular complexity index is 1300. The summed E-state index contributed by atoms with van der Waals surface area (Å²) < 4.78 is 5.84. The van der Waals surface area contributed by atoms with E-state index in [0.717, 1.165) is 33.4 Å². The van der Waals surface area contributed by atoms with Crippen LogP contribution >= 0.6 is 23.4 Å². The van der Waals surface area contributed by atoms with Crippen LogP contribution in [-0.2, 0) is 16.2 Å². The molecule has 0 spiro atoms. The van der Waals surface area contributed by atoms with Crippen molar-refractivity contribution in [1.82, 2.24) is 4.90 Å². The van der Waals surface area contributed by atoms with E-state index in [0.29, 0.717) is 28.6 Å². The standard InChI is InChI=1S/C27H23ClN2O4S/c1-17-10-18(2)12-22(11-17)29-25(31)15-30-26(32)24(35-27(30)33)14-20-4-3-5-23(13-20)34-16-19-6-8-21(28)9-7-19/h3-14H,15-16H2,1-2H3,(H,29,31)/b24-14+. The molecule has 0 saturated carbocycles. The number of anilines is 1. The molecule has 0 radical (unpaired) electrons. The minimum atomic E-state index is -0.497. The molecule has 1 saturated heterocycles. The van der Waals surface area contributed by atoms with Crippen molar-refractivity contribution in [2.75, 3.05) is 11.9 Å². The number of carbonyl (C=O) groups excluding carboxylic acids is 3. The lowest BCUT2D eigenvalue weighted by Crippen LogP contribution is -2.36.